The van der Waals surface area contributed by atoms with E-state index in [-0.39, 0.29) is 0 Å². The summed E-state index contributed by atoms with van der Waals surface area (Å²) in [5.74, 6) is 0. The number of benzene rings is 3. The highest BCUT2D eigenvalue weighted by atomic mass is 14.9. The molecule has 0 heterocycles. The molecule has 1 aliphatic carbocycles. The van der Waals surface area contributed by atoms with Gasteiger partial charge in [0.1, 0.15) is 0 Å². The van der Waals surface area contributed by atoms with Crippen LogP contribution in [0, 0.1) is 0 Å². The second-order valence-electron chi connectivity index (χ2n) is 7.71. The summed E-state index contributed by atoms with van der Waals surface area (Å²) < 4.78 is 0. The standard InChI is InChI=1S/C27H29N3/c1-21(23-8-4-2-5-9-23)28-20-22-12-14-25(15-13-22)30-27-18-16-26(17-19-27)29-24-10-6-3-7-11-24/h2-16,18-19,21,26,28-30H,17,20H2,1H3. The molecule has 3 aromatic rings. The summed E-state index contributed by atoms with van der Waals surface area (Å²) in [5, 5.41) is 10.6. The highest BCUT2D eigenvalue weighted by Gasteiger charge is 2.09. The number of para-hydroxylation sites is 1. The number of rotatable bonds is 8. The summed E-state index contributed by atoms with van der Waals surface area (Å²) in [6, 6.07) is 30.2. The summed E-state index contributed by atoms with van der Waals surface area (Å²) in [5.41, 5.74) is 6.00. The van der Waals surface area contributed by atoms with Crippen molar-refractivity contribution in [1.29, 1.82) is 0 Å². The lowest BCUT2D eigenvalue weighted by molar-refractivity contribution is 0.575. The molecule has 0 saturated heterocycles. The smallest absolute Gasteiger partial charge is 0.0483 e. The van der Waals surface area contributed by atoms with Gasteiger partial charge in [0, 0.05) is 35.7 Å². The summed E-state index contributed by atoms with van der Waals surface area (Å²) in [4.78, 5) is 0. The Hall–Kier alpha value is -3.30. The van der Waals surface area contributed by atoms with Crippen LogP contribution in [0.25, 0.3) is 0 Å². The Labute approximate surface area is 179 Å². The first-order valence-corrected chi connectivity index (χ1v) is 10.6. The Bertz CT molecular complexity index is 976. The van der Waals surface area contributed by atoms with E-state index in [1.807, 2.05) is 6.07 Å². The van der Waals surface area contributed by atoms with Crippen molar-refractivity contribution < 1.29 is 0 Å². The zero-order chi connectivity index (χ0) is 20.6. The molecule has 0 bridgehead atoms. The van der Waals surface area contributed by atoms with E-state index < -0.39 is 0 Å². The maximum atomic E-state index is 3.59. The van der Waals surface area contributed by atoms with E-state index in [1.54, 1.807) is 0 Å². The van der Waals surface area contributed by atoms with Crippen molar-refractivity contribution in [3.8, 4) is 0 Å². The van der Waals surface area contributed by atoms with E-state index in [9.17, 15) is 0 Å². The molecule has 0 saturated carbocycles. The highest BCUT2D eigenvalue weighted by Crippen LogP contribution is 2.19. The van der Waals surface area contributed by atoms with E-state index in [2.05, 4.69) is 120 Å². The summed E-state index contributed by atoms with van der Waals surface area (Å²) in [6.45, 7) is 3.05. The quantitative estimate of drug-likeness (QED) is 0.420. The molecule has 0 amide bonds. The van der Waals surface area contributed by atoms with Crippen LogP contribution < -0.4 is 16.0 Å². The van der Waals surface area contributed by atoms with Gasteiger partial charge in [-0.25, -0.2) is 0 Å². The van der Waals surface area contributed by atoms with Gasteiger partial charge < -0.3 is 16.0 Å². The number of hydrogen-bond donors (Lipinski definition) is 3. The zero-order valence-electron chi connectivity index (χ0n) is 17.4. The molecule has 0 radical (unpaired) electrons. The molecule has 3 heteroatoms. The van der Waals surface area contributed by atoms with Crippen LogP contribution >= 0.6 is 0 Å². The van der Waals surface area contributed by atoms with Crippen LogP contribution in [0.2, 0.25) is 0 Å². The molecule has 3 nitrogen and oxygen atoms in total. The third-order valence-corrected chi connectivity index (χ3v) is 5.38. The second-order valence-corrected chi connectivity index (χ2v) is 7.71. The van der Waals surface area contributed by atoms with Gasteiger partial charge in [0.25, 0.3) is 0 Å². The Balaban J connectivity index is 1.25. The Morgan fingerprint density at radius 2 is 1.53 bits per heavy atom. The first-order chi connectivity index (χ1) is 14.8. The summed E-state index contributed by atoms with van der Waals surface area (Å²) >= 11 is 0. The molecule has 0 spiro atoms. The van der Waals surface area contributed by atoms with Crippen molar-refractivity contribution in [2.45, 2.75) is 32.0 Å². The summed E-state index contributed by atoms with van der Waals surface area (Å²) in [7, 11) is 0. The molecule has 0 aromatic heterocycles. The van der Waals surface area contributed by atoms with Gasteiger partial charge in [0.05, 0.1) is 0 Å². The van der Waals surface area contributed by atoms with E-state index in [4.69, 9.17) is 0 Å². The molecule has 4 rings (SSSR count). The van der Waals surface area contributed by atoms with E-state index in [0.717, 1.165) is 30.0 Å². The number of nitrogens with one attached hydrogen (secondary N) is 3. The van der Waals surface area contributed by atoms with Crippen molar-refractivity contribution in [2.24, 2.45) is 0 Å². The minimum Gasteiger partial charge on any atom is -0.379 e. The van der Waals surface area contributed by atoms with Gasteiger partial charge >= 0.3 is 0 Å². The molecule has 1 aliphatic rings. The lowest BCUT2D eigenvalue weighted by Crippen LogP contribution is -2.19. The van der Waals surface area contributed by atoms with Crippen LogP contribution in [0.1, 0.15) is 30.5 Å². The molecule has 152 valence electrons. The minimum absolute atomic E-state index is 0.331. The van der Waals surface area contributed by atoms with Gasteiger partial charge in [-0.05, 0) is 54.8 Å². The van der Waals surface area contributed by atoms with Crippen LogP contribution in [0.15, 0.2) is 109 Å². The monoisotopic (exact) mass is 395 g/mol. The normalized spacial score (nSPS) is 16.6. The molecule has 3 N–H and O–H groups in total. The number of hydrogen-bond acceptors (Lipinski definition) is 3. The number of allylic oxidation sites excluding steroid dienone is 1. The molecule has 0 aliphatic heterocycles. The fourth-order valence-corrected chi connectivity index (χ4v) is 3.57. The van der Waals surface area contributed by atoms with Gasteiger partial charge in [-0.1, -0.05) is 72.8 Å². The number of anilines is 2. The molecule has 30 heavy (non-hydrogen) atoms. The average Bonchev–Trinajstić information content (AvgIpc) is 2.81. The van der Waals surface area contributed by atoms with E-state index in [1.165, 1.54) is 11.1 Å². The van der Waals surface area contributed by atoms with Gasteiger partial charge in [-0.2, -0.15) is 0 Å². The zero-order valence-corrected chi connectivity index (χ0v) is 17.4. The van der Waals surface area contributed by atoms with Crippen LogP contribution in [0.3, 0.4) is 0 Å². The molecule has 2 unspecified atom stereocenters. The molecular formula is C27H29N3. The van der Waals surface area contributed by atoms with Crippen molar-refractivity contribution in [2.75, 3.05) is 10.6 Å². The van der Waals surface area contributed by atoms with Crippen molar-refractivity contribution in [3.05, 3.63) is 120 Å². The molecule has 0 fully saturated rings. The van der Waals surface area contributed by atoms with E-state index in [0.29, 0.717) is 12.1 Å². The van der Waals surface area contributed by atoms with Crippen LogP contribution in [-0.2, 0) is 6.54 Å². The van der Waals surface area contributed by atoms with Crippen LogP contribution in [0.4, 0.5) is 11.4 Å². The van der Waals surface area contributed by atoms with Gasteiger partial charge in [-0.3, -0.25) is 0 Å². The molecule has 3 aromatic carbocycles. The third-order valence-electron chi connectivity index (χ3n) is 5.38. The lowest BCUT2D eigenvalue weighted by atomic mass is 10.1. The maximum absolute atomic E-state index is 3.59. The topological polar surface area (TPSA) is 36.1 Å². The Morgan fingerprint density at radius 3 is 2.20 bits per heavy atom. The highest BCUT2D eigenvalue weighted by molar-refractivity contribution is 5.53. The second kappa shape index (κ2) is 9.95. The van der Waals surface area contributed by atoms with Crippen LogP contribution in [-0.4, -0.2) is 6.04 Å². The first kappa shape index (κ1) is 20.0. The van der Waals surface area contributed by atoms with Gasteiger partial charge in [0.15, 0.2) is 0 Å². The molecular weight excluding hydrogens is 366 g/mol. The fraction of sp³-hybridized carbons (Fsp3) is 0.185. The largest absolute Gasteiger partial charge is 0.379 e. The van der Waals surface area contributed by atoms with Crippen molar-refractivity contribution >= 4 is 11.4 Å². The third kappa shape index (κ3) is 5.62. The Morgan fingerprint density at radius 1 is 0.833 bits per heavy atom. The lowest BCUT2D eigenvalue weighted by Gasteiger charge is -2.20. The summed E-state index contributed by atoms with van der Waals surface area (Å²) in [6.07, 6.45) is 7.59. The fourth-order valence-electron chi connectivity index (χ4n) is 3.57. The predicted octanol–water partition coefficient (Wildman–Crippen LogP) is 6.27. The Kier molecular flexibility index (Phi) is 6.63. The van der Waals surface area contributed by atoms with Gasteiger partial charge in [-0.15, -0.1) is 0 Å². The van der Waals surface area contributed by atoms with Crippen molar-refractivity contribution in [3.63, 3.8) is 0 Å². The predicted molar refractivity (Wildman–Crippen MR) is 127 cm³/mol. The SMILES string of the molecule is CC(NCc1ccc(NC2=CCC(Nc3ccccc3)C=C2)cc1)c1ccccc1. The average molecular weight is 396 g/mol. The van der Waals surface area contributed by atoms with Crippen molar-refractivity contribution in [1.82, 2.24) is 5.32 Å². The van der Waals surface area contributed by atoms with Crippen LogP contribution in [0.5, 0.6) is 0 Å². The minimum atomic E-state index is 0.331. The molecule has 2 atom stereocenters. The van der Waals surface area contributed by atoms with Gasteiger partial charge in [0.2, 0.25) is 0 Å². The van der Waals surface area contributed by atoms with E-state index >= 15 is 0 Å². The maximum Gasteiger partial charge on any atom is 0.0483 e. The first-order valence-electron chi connectivity index (χ1n) is 10.6.